The molecule has 3 aromatic rings. The molecule has 3 heterocycles. The predicted octanol–water partition coefficient (Wildman–Crippen LogP) is 4.81. The van der Waals surface area contributed by atoms with Crippen molar-refractivity contribution in [2.75, 3.05) is 4.90 Å². The molecule has 2 aromatic heterocycles. The Morgan fingerprint density at radius 2 is 2.00 bits per heavy atom. The Balaban J connectivity index is 1.70. The van der Waals surface area contributed by atoms with E-state index in [4.69, 9.17) is 0 Å². The molecule has 0 N–H and O–H groups in total. The Morgan fingerprint density at radius 3 is 2.76 bits per heavy atom. The molecule has 3 nitrogen and oxygen atoms in total. The summed E-state index contributed by atoms with van der Waals surface area (Å²) in [6, 6.07) is 14.7. The van der Waals surface area contributed by atoms with Gasteiger partial charge in [0.25, 0.3) is 5.91 Å². The van der Waals surface area contributed by atoms with Crippen LogP contribution in [-0.2, 0) is 13.0 Å². The molecule has 0 aliphatic carbocycles. The molecule has 25 heavy (non-hydrogen) atoms. The summed E-state index contributed by atoms with van der Waals surface area (Å²) < 4.78 is 2.24. The van der Waals surface area contributed by atoms with Gasteiger partial charge in [0.2, 0.25) is 0 Å². The van der Waals surface area contributed by atoms with E-state index in [0.29, 0.717) is 0 Å². The van der Waals surface area contributed by atoms with Crippen LogP contribution in [0.2, 0.25) is 0 Å². The van der Waals surface area contributed by atoms with Gasteiger partial charge in [-0.15, -0.1) is 11.3 Å². The fourth-order valence-electron chi connectivity index (χ4n) is 3.82. The summed E-state index contributed by atoms with van der Waals surface area (Å²) in [6.45, 7) is 7.09. The van der Waals surface area contributed by atoms with E-state index in [1.54, 1.807) is 11.3 Å². The summed E-state index contributed by atoms with van der Waals surface area (Å²) in [4.78, 5) is 16.6. The van der Waals surface area contributed by atoms with Gasteiger partial charge in [0.05, 0.1) is 12.1 Å². The summed E-state index contributed by atoms with van der Waals surface area (Å²) in [5.74, 6) is 0.114. The fourth-order valence-corrected chi connectivity index (χ4v) is 4.52. The van der Waals surface area contributed by atoms with Crippen molar-refractivity contribution in [1.29, 1.82) is 0 Å². The second-order valence-corrected chi connectivity index (χ2v) is 7.84. The maximum absolute atomic E-state index is 13.3. The smallest absolute Gasteiger partial charge is 0.260 e. The third-order valence-electron chi connectivity index (χ3n) is 5.12. The highest BCUT2D eigenvalue weighted by atomic mass is 32.1. The first kappa shape index (κ1) is 16.2. The van der Waals surface area contributed by atoms with Crippen molar-refractivity contribution in [1.82, 2.24) is 4.57 Å². The van der Waals surface area contributed by atoms with Crippen molar-refractivity contribution in [3.8, 4) is 0 Å². The number of aryl methyl sites for hydroxylation is 1. The molecule has 0 radical (unpaired) electrons. The Hall–Kier alpha value is -2.33. The first-order valence-corrected chi connectivity index (χ1v) is 9.55. The van der Waals surface area contributed by atoms with Crippen LogP contribution in [0.3, 0.4) is 0 Å². The normalized spacial score (nSPS) is 16.3. The molecular weight excluding hydrogens is 328 g/mol. The maximum atomic E-state index is 13.3. The number of anilines is 1. The highest BCUT2D eigenvalue weighted by Crippen LogP contribution is 2.34. The average molecular weight is 350 g/mol. The molecule has 128 valence electrons. The van der Waals surface area contributed by atoms with Crippen LogP contribution in [0.5, 0.6) is 0 Å². The zero-order valence-electron chi connectivity index (χ0n) is 14.8. The number of aromatic nitrogens is 1. The third-order valence-corrected chi connectivity index (χ3v) is 5.99. The van der Waals surface area contributed by atoms with E-state index in [1.807, 2.05) is 23.1 Å². The molecule has 4 rings (SSSR count). The van der Waals surface area contributed by atoms with Gasteiger partial charge >= 0.3 is 0 Å². The summed E-state index contributed by atoms with van der Waals surface area (Å²) in [6.07, 6.45) is 0.926. The monoisotopic (exact) mass is 350 g/mol. The Morgan fingerprint density at radius 1 is 1.20 bits per heavy atom. The highest BCUT2D eigenvalue weighted by Gasteiger charge is 2.32. The molecule has 1 aliphatic rings. The molecule has 0 bridgehead atoms. The van der Waals surface area contributed by atoms with Crippen LogP contribution in [0.4, 0.5) is 5.69 Å². The van der Waals surface area contributed by atoms with Crippen LogP contribution in [0.15, 0.2) is 47.8 Å². The molecule has 1 atom stereocenters. The summed E-state index contributed by atoms with van der Waals surface area (Å²) in [5.41, 5.74) is 5.32. The van der Waals surface area contributed by atoms with Crippen LogP contribution in [-0.4, -0.2) is 16.5 Å². The van der Waals surface area contributed by atoms with Crippen LogP contribution in [0.1, 0.15) is 39.1 Å². The van der Waals surface area contributed by atoms with Crippen molar-refractivity contribution < 1.29 is 4.79 Å². The van der Waals surface area contributed by atoms with Gasteiger partial charge in [-0.05, 0) is 56.3 Å². The molecule has 4 heteroatoms. The standard InChI is InChI=1S/C21H22N2OS/c1-14-12-19(16(3)22(14)13-18-8-6-10-25-18)21(24)23-15(2)11-17-7-4-5-9-20(17)23/h4-10,12,15H,11,13H2,1-3H3. The van der Waals surface area contributed by atoms with Gasteiger partial charge in [-0.3, -0.25) is 4.79 Å². The number of amides is 1. The van der Waals surface area contributed by atoms with Crippen molar-refractivity contribution in [3.63, 3.8) is 0 Å². The third kappa shape index (κ3) is 2.71. The van der Waals surface area contributed by atoms with E-state index in [0.717, 1.165) is 35.6 Å². The molecule has 1 unspecified atom stereocenters. The number of para-hydroxylation sites is 1. The predicted molar refractivity (Wildman–Crippen MR) is 104 cm³/mol. The van der Waals surface area contributed by atoms with E-state index in [-0.39, 0.29) is 11.9 Å². The zero-order chi connectivity index (χ0) is 17.6. The lowest BCUT2D eigenvalue weighted by Gasteiger charge is -2.23. The van der Waals surface area contributed by atoms with Crippen molar-refractivity contribution in [3.05, 3.63) is 75.2 Å². The van der Waals surface area contributed by atoms with Gasteiger partial charge in [-0.2, -0.15) is 0 Å². The van der Waals surface area contributed by atoms with E-state index in [9.17, 15) is 4.79 Å². The first-order valence-electron chi connectivity index (χ1n) is 8.67. The second-order valence-electron chi connectivity index (χ2n) is 6.81. The zero-order valence-corrected chi connectivity index (χ0v) is 15.6. The number of hydrogen-bond acceptors (Lipinski definition) is 2. The van der Waals surface area contributed by atoms with Gasteiger partial charge in [0.15, 0.2) is 0 Å². The van der Waals surface area contributed by atoms with Crippen LogP contribution < -0.4 is 4.90 Å². The molecule has 0 saturated carbocycles. The Labute approximate surface area is 152 Å². The Kier molecular flexibility index (Phi) is 4.00. The number of carbonyl (C=O) groups excluding carboxylic acids is 1. The number of fused-ring (bicyclic) bond motifs is 1. The van der Waals surface area contributed by atoms with E-state index < -0.39 is 0 Å². The van der Waals surface area contributed by atoms with E-state index in [2.05, 4.69) is 55.0 Å². The highest BCUT2D eigenvalue weighted by molar-refractivity contribution is 7.09. The van der Waals surface area contributed by atoms with Crippen LogP contribution >= 0.6 is 11.3 Å². The summed E-state index contributed by atoms with van der Waals surface area (Å²) in [7, 11) is 0. The minimum absolute atomic E-state index is 0.114. The Bertz CT molecular complexity index is 924. The average Bonchev–Trinajstić information content (AvgIpc) is 3.28. The van der Waals surface area contributed by atoms with Gasteiger partial charge < -0.3 is 9.47 Å². The quantitative estimate of drug-likeness (QED) is 0.666. The SMILES string of the molecule is Cc1cc(C(=O)N2c3ccccc3CC2C)c(C)n1Cc1cccs1. The molecule has 0 fully saturated rings. The number of rotatable bonds is 3. The number of thiophene rings is 1. The van der Waals surface area contributed by atoms with Crippen molar-refractivity contribution in [2.45, 2.75) is 39.8 Å². The topological polar surface area (TPSA) is 25.2 Å². The number of carbonyl (C=O) groups is 1. The largest absolute Gasteiger partial charge is 0.343 e. The van der Waals surface area contributed by atoms with Crippen molar-refractivity contribution >= 4 is 22.9 Å². The molecule has 0 spiro atoms. The molecule has 1 amide bonds. The fraction of sp³-hybridized carbons (Fsp3) is 0.286. The number of nitrogens with zero attached hydrogens (tertiary/aromatic N) is 2. The summed E-state index contributed by atoms with van der Waals surface area (Å²) >= 11 is 1.75. The van der Waals surface area contributed by atoms with Gasteiger partial charge in [-0.25, -0.2) is 0 Å². The minimum atomic E-state index is 0.114. The van der Waals surface area contributed by atoms with Gasteiger partial charge in [0.1, 0.15) is 0 Å². The molecule has 1 aliphatic heterocycles. The molecule has 0 saturated heterocycles. The van der Waals surface area contributed by atoms with E-state index in [1.165, 1.54) is 10.4 Å². The molecule has 1 aromatic carbocycles. The lowest BCUT2D eigenvalue weighted by atomic mass is 10.1. The van der Waals surface area contributed by atoms with Crippen LogP contribution in [0.25, 0.3) is 0 Å². The maximum Gasteiger partial charge on any atom is 0.260 e. The number of benzene rings is 1. The van der Waals surface area contributed by atoms with Gasteiger partial charge in [0, 0.05) is 28.0 Å². The minimum Gasteiger partial charge on any atom is -0.343 e. The molecular formula is C21H22N2OS. The first-order chi connectivity index (χ1) is 12.1. The van der Waals surface area contributed by atoms with E-state index >= 15 is 0 Å². The van der Waals surface area contributed by atoms with Crippen molar-refractivity contribution in [2.24, 2.45) is 0 Å². The second kappa shape index (κ2) is 6.19. The summed E-state index contributed by atoms with van der Waals surface area (Å²) in [5, 5.41) is 2.10. The lowest BCUT2D eigenvalue weighted by molar-refractivity contribution is 0.0981. The number of hydrogen-bond donors (Lipinski definition) is 0. The van der Waals surface area contributed by atoms with Gasteiger partial charge in [-0.1, -0.05) is 24.3 Å². The van der Waals surface area contributed by atoms with Crippen LogP contribution in [0, 0.1) is 13.8 Å². The lowest BCUT2D eigenvalue weighted by Crippen LogP contribution is -2.36.